The molecule has 0 aliphatic heterocycles. The molecule has 0 aliphatic carbocycles. The van der Waals surface area contributed by atoms with Gasteiger partial charge in [-0.2, -0.15) is 22.0 Å². The van der Waals surface area contributed by atoms with Gasteiger partial charge in [-0.05, 0) is 41.2 Å². The highest BCUT2D eigenvalue weighted by atomic mass is 19.4. The summed E-state index contributed by atoms with van der Waals surface area (Å²) in [4.78, 5) is 0. The Morgan fingerprint density at radius 2 is 1.23 bits per heavy atom. The van der Waals surface area contributed by atoms with Gasteiger partial charge in [-0.1, -0.05) is 61.9 Å². The topological polar surface area (TPSA) is 9.23 Å². The Balaban J connectivity index is 1.62. The average molecular weight is 496 g/mol. The second-order valence-electron chi connectivity index (χ2n) is 8.06. The molecular weight excluding hydrogens is 473 g/mol. The number of hydrogen-bond acceptors (Lipinski definition) is 1. The summed E-state index contributed by atoms with van der Waals surface area (Å²) in [6, 6.07) is 16.0. The van der Waals surface area contributed by atoms with E-state index in [1.54, 1.807) is 12.1 Å². The molecule has 35 heavy (non-hydrogen) atoms. The van der Waals surface area contributed by atoms with Crippen molar-refractivity contribution in [3.63, 3.8) is 0 Å². The van der Waals surface area contributed by atoms with E-state index < -0.39 is 41.7 Å². The van der Waals surface area contributed by atoms with Gasteiger partial charge in [-0.3, -0.25) is 0 Å². The van der Waals surface area contributed by atoms with Crippen LogP contribution >= 0.6 is 0 Å². The fourth-order valence-corrected chi connectivity index (χ4v) is 3.49. The molecule has 0 N–H and O–H groups in total. The monoisotopic (exact) mass is 496 g/mol. The average Bonchev–Trinajstić information content (AvgIpc) is 2.77. The largest absolute Gasteiger partial charge is 0.432 e. The summed E-state index contributed by atoms with van der Waals surface area (Å²) in [7, 11) is 0. The standard InChI is InChI=1S/C27H23F7O/c1-2-3-18-4-8-20(9-5-18)21-10-6-19(7-11-21)12-15-27(33,34)35-22-16-24(28)23(25(29)17-22)13-14-26(30,31)32/h4-11,13-14,16-17H,2-3,12,15H2,1H3/b14-13+. The minimum absolute atomic E-state index is 0.0694. The number of hydrogen-bond donors (Lipinski definition) is 0. The van der Waals surface area contributed by atoms with Crippen LogP contribution in [0.5, 0.6) is 5.75 Å². The zero-order chi connectivity index (χ0) is 25.6. The molecule has 0 atom stereocenters. The van der Waals surface area contributed by atoms with Crippen molar-refractivity contribution in [1.82, 2.24) is 0 Å². The van der Waals surface area contributed by atoms with Gasteiger partial charge in [0.2, 0.25) is 0 Å². The van der Waals surface area contributed by atoms with Crippen molar-refractivity contribution in [2.75, 3.05) is 0 Å². The van der Waals surface area contributed by atoms with E-state index in [0.29, 0.717) is 17.7 Å². The highest BCUT2D eigenvalue weighted by molar-refractivity contribution is 5.64. The Morgan fingerprint density at radius 1 is 0.743 bits per heavy atom. The fourth-order valence-electron chi connectivity index (χ4n) is 3.49. The van der Waals surface area contributed by atoms with Crippen LogP contribution in [-0.2, 0) is 12.8 Å². The fraction of sp³-hybridized carbons (Fsp3) is 0.259. The molecule has 0 bridgehead atoms. The summed E-state index contributed by atoms with van der Waals surface area (Å²) >= 11 is 0. The first-order chi connectivity index (χ1) is 16.5. The van der Waals surface area contributed by atoms with Crippen LogP contribution in [0.4, 0.5) is 30.7 Å². The van der Waals surface area contributed by atoms with E-state index >= 15 is 0 Å². The van der Waals surface area contributed by atoms with Crippen molar-refractivity contribution in [3.8, 4) is 16.9 Å². The van der Waals surface area contributed by atoms with Gasteiger partial charge < -0.3 is 4.74 Å². The first-order valence-electron chi connectivity index (χ1n) is 11.0. The van der Waals surface area contributed by atoms with Crippen molar-refractivity contribution in [3.05, 3.63) is 95.1 Å². The second kappa shape index (κ2) is 11.0. The highest BCUT2D eigenvalue weighted by Gasteiger charge is 2.32. The molecule has 0 saturated heterocycles. The van der Waals surface area contributed by atoms with Crippen molar-refractivity contribution in [2.45, 2.75) is 44.9 Å². The van der Waals surface area contributed by atoms with Crippen LogP contribution in [0.15, 0.2) is 66.7 Å². The number of ether oxygens (including phenoxy) is 1. The third kappa shape index (κ3) is 7.87. The Kier molecular flexibility index (Phi) is 8.25. The maximum Gasteiger partial charge on any atom is 0.409 e. The summed E-state index contributed by atoms with van der Waals surface area (Å²) < 4.78 is 97.6. The number of allylic oxidation sites excluding steroid dienone is 1. The lowest BCUT2D eigenvalue weighted by molar-refractivity contribution is -0.180. The van der Waals surface area contributed by atoms with Gasteiger partial charge in [0, 0.05) is 23.8 Å². The first-order valence-corrected chi connectivity index (χ1v) is 11.0. The van der Waals surface area contributed by atoms with Crippen LogP contribution in [0.3, 0.4) is 0 Å². The van der Waals surface area contributed by atoms with Crippen LogP contribution in [0, 0.1) is 11.6 Å². The third-order valence-corrected chi connectivity index (χ3v) is 5.24. The van der Waals surface area contributed by atoms with Crippen LogP contribution in [0.2, 0.25) is 0 Å². The molecule has 3 rings (SSSR count). The molecule has 0 saturated carbocycles. The normalized spacial score (nSPS) is 12.3. The van der Waals surface area contributed by atoms with E-state index in [9.17, 15) is 30.7 Å². The molecule has 0 amide bonds. The SMILES string of the molecule is CCCc1ccc(-c2ccc(CCC(F)(F)Oc3cc(F)c(/C=C/C(F)(F)F)c(F)c3)cc2)cc1. The summed E-state index contributed by atoms with van der Waals surface area (Å²) in [6.45, 7) is 2.10. The molecular formula is C27H23F7O. The van der Waals surface area contributed by atoms with Crippen molar-refractivity contribution >= 4 is 6.08 Å². The van der Waals surface area contributed by atoms with Gasteiger partial charge >= 0.3 is 12.3 Å². The van der Waals surface area contributed by atoms with E-state index in [-0.39, 0.29) is 18.6 Å². The van der Waals surface area contributed by atoms with Gasteiger partial charge in [0.05, 0.1) is 6.42 Å². The molecule has 186 valence electrons. The zero-order valence-electron chi connectivity index (χ0n) is 18.8. The number of rotatable bonds is 9. The number of benzene rings is 3. The molecule has 0 radical (unpaired) electrons. The van der Waals surface area contributed by atoms with Gasteiger partial charge in [-0.15, -0.1) is 0 Å². The van der Waals surface area contributed by atoms with E-state index in [2.05, 4.69) is 23.8 Å². The molecule has 8 heteroatoms. The molecule has 1 nitrogen and oxygen atoms in total. The van der Waals surface area contributed by atoms with Crippen LogP contribution in [-0.4, -0.2) is 12.3 Å². The molecule has 0 aromatic heterocycles. The predicted octanol–water partition coefficient (Wildman–Crippen LogP) is 8.76. The van der Waals surface area contributed by atoms with Crippen molar-refractivity contribution in [2.24, 2.45) is 0 Å². The molecule has 0 heterocycles. The number of alkyl halides is 5. The van der Waals surface area contributed by atoms with Gasteiger partial charge in [0.25, 0.3) is 0 Å². The molecule has 0 unspecified atom stereocenters. The summed E-state index contributed by atoms with van der Waals surface area (Å²) in [5.74, 6) is -3.72. The van der Waals surface area contributed by atoms with E-state index in [1.165, 1.54) is 5.56 Å². The Bertz CT molecular complexity index is 1120. The maximum atomic E-state index is 14.3. The minimum atomic E-state index is -4.78. The first kappa shape index (κ1) is 26.3. The Hall–Kier alpha value is -3.29. The lowest BCUT2D eigenvalue weighted by Crippen LogP contribution is -2.25. The zero-order valence-corrected chi connectivity index (χ0v) is 18.8. The van der Waals surface area contributed by atoms with Crippen molar-refractivity contribution in [1.29, 1.82) is 0 Å². The molecule has 3 aromatic carbocycles. The van der Waals surface area contributed by atoms with Crippen molar-refractivity contribution < 1.29 is 35.5 Å². The lowest BCUT2D eigenvalue weighted by atomic mass is 10.00. The van der Waals surface area contributed by atoms with E-state index in [0.717, 1.165) is 24.0 Å². The predicted molar refractivity (Wildman–Crippen MR) is 121 cm³/mol. The molecule has 0 aliphatic rings. The second-order valence-corrected chi connectivity index (χ2v) is 8.06. The van der Waals surface area contributed by atoms with Crippen LogP contribution < -0.4 is 4.74 Å². The van der Waals surface area contributed by atoms with Crippen LogP contribution in [0.1, 0.15) is 36.5 Å². The van der Waals surface area contributed by atoms with Gasteiger partial charge in [0.15, 0.2) is 0 Å². The third-order valence-electron chi connectivity index (χ3n) is 5.24. The highest BCUT2D eigenvalue weighted by Crippen LogP contribution is 2.30. The lowest BCUT2D eigenvalue weighted by Gasteiger charge is -2.18. The minimum Gasteiger partial charge on any atom is -0.432 e. The quantitative estimate of drug-likeness (QED) is 0.269. The van der Waals surface area contributed by atoms with Gasteiger partial charge in [-0.25, -0.2) is 8.78 Å². The number of aryl methyl sites for hydroxylation is 2. The Morgan fingerprint density at radius 3 is 1.69 bits per heavy atom. The smallest absolute Gasteiger partial charge is 0.409 e. The maximum absolute atomic E-state index is 14.3. The molecule has 0 spiro atoms. The Labute approximate surface area is 198 Å². The summed E-state index contributed by atoms with van der Waals surface area (Å²) in [6.07, 6.45) is -7.48. The summed E-state index contributed by atoms with van der Waals surface area (Å²) in [5.41, 5.74) is 2.79. The number of halogens is 7. The van der Waals surface area contributed by atoms with Gasteiger partial charge in [0.1, 0.15) is 17.4 Å². The summed E-state index contributed by atoms with van der Waals surface area (Å²) in [5, 5.41) is 0. The molecule has 3 aromatic rings. The molecule has 0 fully saturated rings. The van der Waals surface area contributed by atoms with Crippen LogP contribution in [0.25, 0.3) is 17.2 Å². The van der Waals surface area contributed by atoms with E-state index in [1.807, 2.05) is 24.3 Å². The van der Waals surface area contributed by atoms with E-state index in [4.69, 9.17) is 0 Å².